The summed E-state index contributed by atoms with van der Waals surface area (Å²) in [5, 5.41) is 11.2. The van der Waals surface area contributed by atoms with Gasteiger partial charge in [0.05, 0.1) is 5.39 Å². The molecule has 0 saturated carbocycles. The number of fused-ring (bicyclic) bond motifs is 1. The van der Waals surface area contributed by atoms with Crippen LogP contribution in [0.3, 0.4) is 0 Å². The summed E-state index contributed by atoms with van der Waals surface area (Å²) in [5.74, 6) is -1.89. The highest BCUT2D eigenvalue weighted by atomic mass is 16.4. The Balaban J connectivity index is 2.56. The van der Waals surface area contributed by atoms with Crippen LogP contribution in [0, 0.1) is 0 Å². The number of aliphatic carboxylic acids is 1. The summed E-state index contributed by atoms with van der Waals surface area (Å²) in [7, 11) is 2.78. The Morgan fingerprint density at radius 2 is 1.86 bits per heavy atom. The van der Waals surface area contributed by atoms with Crippen LogP contribution >= 0.6 is 0 Å². The van der Waals surface area contributed by atoms with Gasteiger partial charge in [-0.3, -0.25) is 23.5 Å². The third-order valence-corrected chi connectivity index (χ3v) is 3.25. The molecule has 0 aliphatic rings. The average Bonchev–Trinajstić information content (AvgIpc) is 2.49. The molecule has 0 aromatic carbocycles. The molecule has 9 heteroatoms. The number of nitrogens with zero attached hydrogens (tertiary/aromatic N) is 3. The number of pyridine rings is 1. The molecule has 0 aliphatic carbocycles. The van der Waals surface area contributed by atoms with Crippen molar-refractivity contribution in [3.63, 3.8) is 0 Å². The van der Waals surface area contributed by atoms with E-state index in [-0.39, 0.29) is 16.7 Å². The smallest absolute Gasteiger partial charge is 0.332 e. The van der Waals surface area contributed by atoms with Crippen LogP contribution < -0.4 is 16.6 Å². The molecular weight excluding hydrogens is 292 g/mol. The maximum atomic E-state index is 12.0. The van der Waals surface area contributed by atoms with Gasteiger partial charge in [-0.15, -0.1) is 0 Å². The van der Waals surface area contributed by atoms with E-state index < -0.39 is 29.2 Å². The molecule has 0 bridgehead atoms. The number of rotatable bonds is 3. The summed E-state index contributed by atoms with van der Waals surface area (Å²) in [6, 6.07) is 1.60. The highest BCUT2D eigenvalue weighted by Crippen LogP contribution is 2.06. The van der Waals surface area contributed by atoms with Gasteiger partial charge in [-0.1, -0.05) is 0 Å². The SMILES string of the molecule is C[C@@H](NC(=O)c1ccc2c(=O)n(C)c(=O)n(C)c2n1)C(=O)O. The van der Waals surface area contributed by atoms with E-state index in [9.17, 15) is 19.2 Å². The second kappa shape index (κ2) is 5.43. The van der Waals surface area contributed by atoms with Gasteiger partial charge >= 0.3 is 11.7 Å². The molecule has 0 saturated heterocycles. The Bertz CT molecular complexity index is 896. The van der Waals surface area contributed by atoms with Crippen molar-refractivity contribution in [2.45, 2.75) is 13.0 Å². The van der Waals surface area contributed by atoms with Crippen molar-refractivity contribution in [2.24, 2.45) is 14.1 Å². The number of aromatic nitrogens is 3. The number of hydrogen-bond acceptors (Lipinski definition) is 5. The summed E-state index contributed by atoms with van der Waals surface area (Å²) in [5.41, 5.74) is -1.11. The van der Waals surface area contributed by atoms with Gasteiger partial charge in [0.1, 0.15) is 17.4 Å². The number of carbonyl (C=O) groups excluding carboxylic acids is 1. The number of nitrogens with one attached hydrogen (secondary N) is 1. The largest absolute Gasteiger partial charge is 0.480 e. The van der Waals surface area contributed by atoms with Crippen LogP contribution in [0.5, 0.6) is 0 Å². The Labute approximate surface area is 123 Å². The summed E-state index contributed by atoms with van der Waals surface area (Å²) >= 11 is 0. The van der Waals surface area contributed by atoms with Crippen LogP contribution in [0.1, 0.15) is 17.4 Å². The fourth-order valence-corrected chi connectivity index (χ4v) is 1.91. The van der Waals surface area contributed by atoms with Crippen LogP contribution in [0.2, 0.25) is 0 Å². The van der Waals surface area contributed by atoms with Gasteiger partial charge in [0.2, 0.25) is 0 Å². The molecule has 116 valence electrons. The van der Waals surface area contributed by atoms with Gasteiger partial charge in [-0.05, 0) is 19.1 Å². The van der Waals surface area contributed by atoms with Gasteiger partial charge in [-0.2, -0.15) is 0 Å². The molecule has 22 heavy (non-hydrogen) atoms. The third kappa shape index (κ3) is 2.48. The van der Waals surface area contributed by atoms with Crippen LogP contribution in [-0.2, 0) is 18.9 Å². The van der Waals surface area contributed by atoms with E-state index in [2.05, 4.69) is 10.3 Å². The zero-order chi connectivity index (χ0) is 16.6. The lowest BCUT2D eigenvalue weighted by Crippen LogP contribution is -2.39. The van der Waals surface area contributed by atoms with Gasteiger partial charge in [0, 0.05) is 14.1 Å². The Kier molecular flexibility index (Phi) is 3.81. The van der Waals surface area contributed by atoms with Crippen molar-refractivity contribution in [1.82, 2.24) is 19.4 Å². The Hall–Kier alpha value is -2.97. The van der Waals surface area contributed by atoms with E-state index in [4.69, 9.17) is 5.11 Å². The standard InChI is InChI=1S/C13H14N4O5/c1-6(12(20)21)14-10(18)8-5-4-7-9(15-8)16(2)13(22)17(3)11(7)19/h4-6H,1-3H3,(H,14,18)(H,20,21)/t6-/m1/s1. The summed E-state index contributed by atoms with van der Waals surface area (Å²) < 4.78 is 2.09. The van der Waals surface area contributed by atoms with Gasteiger partial charge in [0.25, 0.3) is 11.5 Å². The lowest BCUT2D eigenvalue weighted by atomic mass is 10.2. The molecule has 2 N–H and O–H groups in total. The molecular formula is C13H14N4O5. The van der Waals surface area contributed by atoms with Crippen molar-refractivity contribution in [3.8, 4) is 0 Å². The first kappa shape index (κ1) is 15.4. The summed E-state index contributed by atoms with van der Waals surface area (Å²) in [6.45, 7) is 1.31. The molecule has 1 amide bonds. The number of hydrogen-bond donors (Lipinski definition) is 2. The molecule has 0 unspecified atom stereocenters. The third-order valence-electron chi connectivity index (χ3n) is 3.25. The zero-order valence-electron chi connectivity index (χ0n) is 12.2. The zero-order valence-corrected chi connectivity index (χ0v) is 12.2. The monoisotopic (exact) mass is 306 g/mol. The highest BCUT2D eigenvalue weighted by molar-refractivity contribution is 5.96. The average molecular weight is 306 g/mol. The van der Waals surface area contributed by atoms with E-state index in [0.29, 0.717) is 0 Å². The molecule has 0 spiro atoms. The number of aryl methyl sites for hydroxylation is 1. The summed E-state index contributed by atoms with van der Waals surface area (Å²) in [4.78, 5) is 50.5. The second-order valence-electron chi connectivity index (χ2n) is 4.81. The highest BCUT2D eigenvalue weighted by Gasteiger charge is 2.18. The van der Waals surface area contributed by atoms with Crippen LogP contribution in [-0.4, -0.2) is 37.1 Å². The molecule has 9 nitrogen and oxygen atoms in total. The van der Waals surface area contributed by atoms with Gasteiger partial charge in [-0.25, -0.2) is 9.78 Å². The number of amides is 1. The quantitative estimate of drug-likeness (QED) is 0.737. The molecule has 2 aromatic rings. The minimum atomic E-state index is -1.18. The number of carboxylic acids is 1. The fourth-order valence-electron chi connectivity index (χ4n) is 1.91. The van der Waals surface area contributed by atoms with E-state index in [1.54, 1.807) is 0 Å². The van der Waals surface area contributed by atoms with Crippen LogP contribution in [0.25, 0.3) is 11.0 Å². The minimum Gasteiger partial charge on any atom is -0.480 e. The lowest BCUT2D eigenvalue weighted by Gasteiger charge is -2.10. The first-order chi connectivity index (χ1) is 10.2. The first-order valence-corrected chi connectivity index (χ1v) is 6.34. The predicted molar refractivity (Wildman–Crippen MR) is 76.8 cm³/mol. The molecule has 2 heterocycles. The van der Waals surface area contributed by atoms with Crippen LogP contribution in [0.4, 0.5) is 0 Å². The second-order valence-corrected chi connectivity index (χ2v) is 4.81. The van der Waals surface area contributed by atoms with E-state index >= 15 is 0 Å². The van der Waals surface area contributed by atoms with Gasteiger partial charge < -0.3 is 10.4 Å². The summed E-state index contributed by atoms with van der Waals surface area (Å²) in [6.07, 6.45) is 0. The van der Waals surface area contributed by atoms with Crippen molar-refractivity contribution in [3.05, 3.63) is 38.7 Å². The molecule has 0 fully saturated rings. The minimum absolute atomic E-state index is 0.0590. The number of carboxylic acid groups (broad SMARTS) is 1. The molecule has 0 radical (unpaired) electrons. The topological polar surface area (TPSA) is 123 Å². The van der Waals surface area contributed by atoms with Crippen LogP contribution in [0.15, 0.2) is 21.7 Å². The molecule has 2 rings (SSSR count). The lowest BCUT2D eigenvalue weighted by molar-refractivity contribution is -0.138. The Morgan fingerprint density at radius 1 is 1.23 bits per heavy atom. The normalized spacial score (nSPS) is 12.1. The van der Waals surface area contributed by atoms with Crippen molar-refractivity contribution < 1.29 is 14.7 Å². The Morgan fingerprint density at radius 3 is 2.45 bits per heavy atom. The maximum Gasteiger partial charge on any atom is 0.332 e. The first-order valence-electron chi connectivity index (χ1n) is 6.34. The van der Waals surface area contributed by atoms with Crippen molar-refractivity contribution >= 4 is 22.9 Å². The fraction of sp³-hybridized carbons (Fsp3) is 0.308. The number of carbonyl (C=O) groups is 2. The molecule has 0 aliphatic heterocycles. The molecule has 1 atom stereocenters. The maximum absolute atomic E-state index is 12.0. The van der Waals surface area contributed by atoms with E-state index in [0.717, 1.165) is 9.13 Å². The van der Waals surface area contributed by atoms with E-state index in [1.807, 2.05) is 0 Å². The predicted octanol–water partition coefficient (Wildman–Crippen LogP) is -1.16. The van der Waals surface area contributed by atoms with E-state index in [1.165, 1.54) is 33.2 Å². The molecule has 2 aromatic heterocycles. The van der Waals surface area contributed by atoms with Gasteiger partial charge in [0.15, 0.2) is 0 Å². The van der Waals surface area contributed by atoms with Crippen molar-refractivity contribution in [2.75, 3.05) is 0 Å². The van der Waals surface area contributed by atoms with Crippen molar-refractivity contribution in [1.29, 1.82) is 0 Å².